The zero-order chi connectivity index (χ0) is 85.9. The minimum absolute atomic E-state index is 0.0548. The van der Waals surface area contributed by atoms with Crippen molar-refractivity contribution in [2.75, 3.05) is 45.1 Å². The van der Waals surface area contributed by atoms with Crippen molar-refractivity contribution in [1.82, 2.24) is 114 Å². The van der Waals surface area contributed by atoms with Gasteiger partial charge in [-0.05, 0) is 97.5 Å². The predicted octanol–water partition coefficient (Wildman–Crippen LogP) is -3.34. The molecule has 3 aliphatic heterocycles. The van der Waals surface area contributed by atoms with Crippen LogP contribution in [-0.2, 0) is 117 Å². The van der Waals surface area contributed by atoms with Crippen LogP contribution in [0.5, 0.6) is 0 Å². The Hall–Kier alpha value is -10.7. The number of likely N-dealkylation sites (N-methyl/N-ethyl adjacent to an activating group) is 1. The van der Waals surface area contributed by atoms with Gasteiger partial charge in [0.15, 0.2) is 18.9 Å². The van der Waals surface area contributed by atoms with Gasteiger partial charge in [-0.2, -0.15) is 0 Å². The molecule has 10 aromatic heterocycles. The Morgan fingerprint density at radius 2 is 0.639 bits per heavy atom. The molecule has 3 aliphatic rings. The van der Waals surface area contributed by atoms with E-state index < -0.39 is 92.1 Å². The molecular formula is C81H106N25O16+. The van der Waals surface area contributed by atoms with Crippen LogP contribution in [0.4, 0.5) is 5.69 Å². The molecule has 13 heterocycles. The van der Waals surface area contributed by atoms with Crippen molar-refractivity contribution in [3.8, 4) is 0 Å². The van der Waals surface area contributed by atoms with Crippen LogP contribution in [0, 0.1) is 0 Å². The molecule has 16 N–H and O–H groups in total. The van der Waals surface area contributed by atoms with E-state index in [0.29, 0.717) is 89.9 Å². The Kier molecular flexibility index (Phi) is 33.7. The number of pyridine rings is 6. The molecule has 3 fully saturated rings. The lowest BCUT2D eigenvalue weighted by molar-refractivity contribution is -0.366. The monoisotopic (exact) mass is 1680 g/mol. The smallest absolute Gasteiger partial charge is 0.246 e. The van der Waals surface area contributed by atoms with Gasteiger partial charge in [-0.1, -0.05) is 69.4 Å². The number of ether oxygens (including phenoxy) is 3. The van der Waals surface area contributed by atoms with Crippen LogP contribution in [-0.4, -0.2) is 313 Å². The number of nitrogens with one attached hydrogen (secondary N) is 1. The fourth-order valence-electron chi connectivity index (χ4n) is 13.9. The minimum atomic E-state index is -1.68. The largest absolute Gasteiger partial charge is 0.388 e. The highest BCUT2D eigenvalue weighted by Crippen LogP contribution is 2.26. The molecule has 0 saturated carbocycles. The Morgan fingerprint density at radius 3 is 0.959 bits per heavy atom. The second-order valence-electron chi connectivity index (χ2n) is 30.1. The minimum Gasteiger partial charge on any atom is -0.388 e. The van der Waals surface area contributed by atoms with Crippen LogP contribution in [0.15, 0.2) is 195 Å². The highest BCUT2D eigenvalue weighted by molar-refractivity contribution is 5.90. The number of anilines is 1. The molecule has 0 radical (unpaired) electrons. The third-order valence-corrected chi connectivity index (χ3v) is 20.3. The number of hydrogen-bond acceptors (Lipinski definition) is 35. The van der Waals surface area contributed by atoms with E-state index >= 15 is 0 Å². The Morgan fingerprint density at radius 1 is 0.352 bits per heavy atom. The fourth-order valence-corrected chi connectivity index (χ4v) is 13.9. The molecule has 122 heavy (non-hydrogen) atoms. The number of nitrogens with zero attached hydrogens (tertiary/aromatic N) is 23. The second kappa shape index (κ2) is 45.4. The van der Waals surface area contributed by atoms with Crippen molar-refractivity contribution in [2.24, 2.45) is 0 Å². The SMILES string of the molecule is CN(CCN(Cc1ccccn1)Cc1ccccn1)Cc1cn(C[C@H]2O[C@H](O)[C@H](O)[C@@H](O)[C@H]2O)nn1.O[C@@H]1[C@@H](O)[C@@H](O)O[C@H](Cn2cc(CN(CCN(Cc3ccccn3)Cc3ccccn3)Cc3cn(C[C@H]4O[C@H](O)[C@H](O)[C@@H](O)[C@H]4O)nn3)nn2)[C@@H]1O.[NH3+]CCc1ccc(NC(=O)Cn2cc(CN(Cc3ccccn3)Cc3ccccn3)nn2)cc1. The summed E-state index contributed by atoms with van der Waals surface area (Å²) in [5.74, 6) is -0.153. The Bertz CT molecular complexity index is 4640. The number of aliphatic hydroxyl groups is 12. The summed E-state index contributed by atoms with van der Waals surface area (Å²) in [5.41, 5.74) is 14.1. The zero-order valence-corrected chi connectivity index (χ0v) is 67.3. The van der Waals surface area contributed by atoms with E-state index in [1.54, 1.807) is 66.7 Å². The number of rotatable bonds is 37. The van der Waals surface area contributed by atoms with Crippen LogP contribution in [0.2, 0.25) is 0 Å². The van der Waals surface area contributed by atoms with Crippen LogP contribution < -0.4 is 11.1 Å². The summed E-state index contributed by atoms with van der Waals surface area (Å²) in [5, 5.41) is 156. The maximum absolute atomic E-state index is 12.5. The quantitative estimate of drug-likeness (QED) is 0.0181. The van der Waals surface area contributed by atoms with Gasteiger partial charge in [0.2, 0.25) is 5.91 Å². The van der Waals surface area contributed by atoms with Gasteiger partial charge in [0.25, 0.3) is 0 Å². The Labute approximate surface area is 702 Å². The Balaban J connectivity index is 0.000000173. The number of carbonyl (C=O) groups excluding carboxylic acids is 1. The lowest BCUT2D eigenvalue weighted by atomic mass is 9.99. The average molecular weight is 1690 g/mol. The lowest BCUT2D eigenvalue weighted by Gasteiger charge is -2.38. The first-order valence-corrected chi connectivity index (χ1v) is 39.9. The van der Waals surface area contributed by atoms with Gasteiger partial charge in [-0.25, -0.2) is 18.7 Å². The summed E-state index contributed by atoms with van der Waals surface area (Å²) in [4.78, 5) is 50.2. The molecule has 1 amide bonds. The third kappa shape index (κ3) is 27.4. The molecule has 41 heteroatoms. The van der Waals surface area contributed by atoms with Gasteiger partial charge < -0.3 is 86.5 Å². The highest BCUT2D eigenvalue weighted by atomic mass is 16.6. The molecule has 1 aromatic carbocycles. The molecule has 15 atom stereocenters. The van der Waals surface area contributed by atoms with Crippen LogP contribution >= 0.6 is 0 Å². The van der Waals surface area contributed by atoms with Crippen molar-refractivity contribution in [3.05, 3.63) is 258 Å². The number of carbonyl (C=O) groups is 1. The van der Waals surface area contributed by atoms with E-state index in [1.807, 2.05) is 141 Å². The van der Waals surface area contributed by atoms with Crippen LogP contribution in [0.25, 0.3) is 0 Å². The van der Waals surface area contributed by atoms with Crippen molar-refractivity contribution in [3.63, 3.8) is 0 Å². The number of amides is 1. The number of quaternary nitrogens is 1. The molecule has 41 nitrogen and oxygen atoms in total. The number of hydrogen-bond donors (Lipinski definition) is 14. The van der Waals surface area contributed by atoms with Gasteiger partial charge in [-0.15, -0.1) is 20.4 Å². The topological polar surface area (TPSA) is 544 Å². The highest BCUT2D eigenvalue weighted by Gasteiger charge is 2.46. The first kappa shape index (κ1) is 90.5. The van der Waals surface area contributed by atoms with Crippen LogP contribution in [0.1, 0.15) is 62.5 Å². The molecule has 11 aromatic rings. The molecular weight excluding hydrogens is 1580 g/mol. The van der Waals surface area contributed by atoms with E-state index in [0.717, 1.165) is 77.3 Å². The predicted molar refractivity (Wildman–Crippen MR) is 430 cm³/mol. The molecule has 0 unspecified atom stereocenters. The molecule has 650 valence electrons. The molecule has 14 rings (SSSR count). The van der Waals surface area contributed by atoms with Crippen LogP contribution in [0.3, 0.4) is 0 Å². The van der Waals surface area contributed by atoms with Gasteiger partial charge in [0, 0.05) is 160 Å². The van der Waals surface area contributed by atoms with Gasteiger partial charge in [0.05, 0.1) is 89.3 Å². The maximum Gasteiger partial charge on any atom is 0.246 e. The van der Waals surface area contributed by atoms with Gasteiger partial charge >= 0.3 is 0 Å². The number of aliphatic hydroxyl groups excluding tert-OH is 12. The van der Waals surface area contributed by atoms with E-state index in [-0.39, 0.29) is 32.1 Å². The van der Waals surface area contributed by atoms with Crippen molar-refractivity contribution in [1.29, 1.82) is 0 Å². The summed E-state index contributed by atoms with van der Waals surface area (Å²) in [7, 11) is 2.00. The first-order chi connectivity index (χ1) is 59.1. The zero-order valence-electron chi connectivity index (χ0n) is 67.3. The third-order valence-electron chi connectivity index (χ3n) is 20.3. The summed E-state index contributed by atoms with van der Waals surface area (Å²) in [6.07, 6.45) is -3.42. The van der Waals surface area contributed by atoms with E-state index in [2.05, 4.69) is 107 Å². The lowest BCUT2D eigenvalue weighted by Crippen LogP contribution is -2.58. The summed E-state index contributed by atoms with van der Waals surface area (Å²) < 4.78 is 21.7. The first-order valence-electron chi connectivity index (χ1n) is 39.9. The van der Waals surface area contributed by atoms with Gasteiger partial charge in [0.1, 0.15) is 79.8 Å². The standard InChI is InChI=1S/C32H44N10O10.C25H28N8O.C24H33N7O5/c43-25-23(51-31(49)29(47)27(25)45)17-41-15-21(35-37-41)13-40(10-9-39(11-19-5-1-3-7-33-19)12-20-6-2-4-8-34-20)14-22-16-42(38-36-22)18-24-26(44)28(46)30(48)32(50)52-24;26-12-11-20-7-9-21(10-8-20)29-25(34)19-33-18-24(30-31-33)17-32(15-22-5-1-3-13-27-22)16-23-6-2-4-14-28-23;1-29(10-11-30(13-17-6-2-4-8-25-17)14-18-7-3-5-9-26-18)12-19-15-31(28-27-19)16-20-21(32)22(33)23(34)24(35)36-20/h1-8,15-16,23-32,43-50H,9-14,17-18H2;1-10,13-14,18H,11-12,15-17,19,26H2,(H,29,34);2-9,15,20-24,32-35H,10-14,16H2,1H3/p+1/t23-,24-,25+,26+,27+,28+,29-,30-,31+,32+;;20-,21+,22+,23-,24+/m1.1/s1. The maximum atomic E-state index is 12.5. The van der Waals surface area contributed by atoms with Gasteiger partial charge in [-0.3, -0.25) is 59.2 Å². The molecule has 0 spiro atoms. The number of benzene rings is 1. The average Bonchev–Trinajstić information content (AvgIpc) is 1.35. The van der Waals surface area contributed by atoms with Crippen molar-refractivity contribution >= 4 is 11.6 Å². The number of aromatic nitrogens is 18. The second-order valence-corrected chi connectivity index (χ2v) is 30.1. The molecule has 3 saturated heterocycles. The summed E-state index contributed by atoms with van der Waals surface area (Å²) in [6.45, 7) is 9.09. The van der Waals surface area contributed by atoms with E-state index in [4.69, 9.17) is 14.2 Å². The van der Waals surface area contributed by atoms with E-state index in [1.165, 1.54) is 19.6 Å². The van der Waals surface area contributed by atoms with Crippen molar-refractivity contribution < 1.29 is 86.0 Å². The molecule has 0 bridgehead atoms. The fraction of sp³-hybridized carbons (Fsp3) is 0.444. The normalized spacial score (nSPS) is 22.9. The van der Waals surface area contributed by atoms with E-state index in [9.17, 15) is 66.1 Å². The van der Waals surface area contributed by atoms with Crippen molar-refractivity contribution in [2.45, 2.75) is 190 Å². The molecule has 0 aliphatic carbocycles. The summed E-state index contributed by atoms with van der Waals surface area (Å²) >= 11 is 0. The summed E-state index contributed by atoms with van der Waals surface area (Å²) in [6, 6.07) is 42.9.